The Bertz CT molecular complexity index is 823. The first-order chi connectivity index (χ1) is 18.2. The third kappa shape index (κ3) is 11.8. The molecule has 0 aromatic carbocycles. The van der Waals surface area contributed by atoms with Crippen molar-refractivity contribution < 1.29 is 18.8 Å². The number of carbonyl (C=O) groups is 1. The van der Waals surface area contributed by atoms with Crippen LogP contribution < -0.4 is 0 Å². The van der Waals surface area contributed by atoms with Gasteiger partial charge < -0.3 is 14.0 Å². The summed E-state index contributed by atoms with van der Waals surface area (Å²) in [5.74, 6) is -0.390. The predicted molar refractivity (Wildman–Crippen MR) is 172 cm³/mol. The number of hydrogen-bond donors (Lipinski definition) is 1. The summed E-state index contributed by atoms with van der Waals surface area (Å²) in [5.41, 5.74) is 4.53. The fourth-order valence-corrected chi connectivity index (χ4v) is 10.3. The van der Waals surface area contributed by atoms with Gasteiger partial charge in [-0.1, -0.05) is 79.4 Å². The molecule has 1 rings (SSSR count). The molecule has 4 nitrogen and oxygen atoms in total. The molecule has 0 saturated heterocycles. The number of carboxylic acid groups (broad SMARTS) is 1. The molecule has 0 saturated carbocycles. The standard InChI is InChI=1S/C33H62O4Si2/c1-11-15-20-26-33(8,37-38(9,10)32(5,6)7)27-25-28-23-24-30(36-39(12-2,13-3)14-4)29(28)21-18-16-17-19-22-31(34)35/h16,19,23,29-30H,11-15,18,20-22,24-27H2,1-10H3,(H,34,35)/t17?,29-,30+,33+/m1/s1. The van der Waals surface area contributed by atoms with Crippen LogP contribution in [0.4, 0.5) is 0 Å². The number of rotatable bonds is 19. The molecular weight excluding hydrogens is 517 g/mol. The Morgan fingerprint density at radius 2 is 1.69 bits per heavy atom. The quantitative estimate of drug-likeness (QED) is 0.0717. The summed E-state index contributed by atoms with van der Waals surface area (Å²) in [6.45, 7) is 23.4. The minimum Gasteiger partial charge on any atom is -0.481 e. The topological polar surface area (TPSA) is 55.8 Å². The number of hydrogen-bond acceptors (Lipinski definition) is 3. The molecule has 0 amide bonds. The molecule has 0 unspecified atom stereocenters. The van der Waals surface area contributed by atoms with Gasteiger partial charge in [-0.05, 0) is 93.9 Å². The Labute approximate surface area is 244 Å². The van der Waals surface area contributed by atoms with E-state index in [2.05, 4.69) is 80.3 Å². The van der Waals surface area contributed by atoms with Crippen LogP contribution >= 0.6 is 0 Å². The first-order valence-electron chi connectivity index (χ1n) is 15.9. The zero-order chi connectivity index (χ0) is 29.7. The van der Waals surface area contributed by atoms with Gasteiger partial charge >= 0.3 is 5.97 Å². The number of carboxylic acids is 1. The van der Waals surface area contributed by atoms with Crippen LogP contribution in [0.15, 0.2) is 29.5 Å². The summed E-state index contributed by atoms with van der Waals surface area (Å²) in [6.07, 6.45) is 16.3. The fraction of sp³-hybridized carbons (Fsp3) is 0.818. The van der Waals surface area contributed by atoms with E-state index < -0.39 is 22.6 Å². The van der Waals surface area contributed by atoms with Crippen LogP contribution in [0, 0.1) is 5.92 Å². The van der Waals surface area contributed by atoms with Crippen LogP contribution in [0.25, 0.3) is 0 Å². The Morgan fingerprint density at radius 3 is 2.23 bits per heavy atom. The molecule has 0 fully saturated rings. The average Bonchev–Trinajstić information content (AvgIpc) is 3.23. The van der Waals surface area contributed by atoms with Crippen molar-refractivity contribution in [3.05, 3.63) is 29.5 Å². The van der Waals surface area contributed by atoms with Crippen molar-refractivity contribution in [2.45, 2.75) is 168 Å². The van der Waals surface area contributed by atoms with E-state index in [1.54, 1.807) is 11.6 Å². The van der Waals surface area contributed by atoms with E-state index in [-0.39, 0.29) is 23.2 Å². The van der Waals surface area contributed by atoms with Gasteiger partial charge in [0, 0.05) is 5.92 Å². The summed E-state index contributed by atoms with van der Waals surface area (Å²) >= 11 is 0. The summed E-state index contributed by atoms with van der Waals surface area (Å²) in [5, 5.41) is 9.08. The SMILES string of the molecule is CCCCC[C@@](C)(CCC1=CC[C@H](O[Si](CC)(CC)CC)[C@@H]1CCC=C=CCC(=O)O)O[Si](C)(C)C(C)(C)C. The lowest BCUT2D eigenvalue weighted by Crippen LogP contribution is -2.48. The van der Waals surface area contributed by atoms with Crippen LogP contribution in [0.3, 0.4) is 0 Å². The monoisotopic (exact) mass is 578 g/mol. The van der Waals surface area contributed by atoms with Gasteiger partial charge in [0.2, 0.25) is 0 Å². The maximum absolute atomic E-state index is 10.8. The van der Waals surface area contributed by atoms with Crippen molar-refractivity contribution in [3.8, 4) is 0 Å². The van der Waals surface area contributed by atoms with Crippen LogP contribution in [-0.2, 0) is 13.6 Å². The van der Waals surface area contributed by atoms with Crippen molar-refractivity contribution in [1.29, 1.82) is 0 Å². The molecule has 6 heteroatoms. The van der Waals surface area contributed by atoms with Gasteiger partial charge in [-0.2, -0.15) is 0 Å². The second kappa shape index (κ2) is 16.5. The predicted octanol–water partition coefficient (Wildman–Crippen LogP) is 10.4. The van der Waals surface area contributed by atoms with Gasteiger partial charge in [0.1, 0.15) is 0 Å². The summed E-state index contributed by atoms with van der Waals surface area (Å²) < 4.78 is 14.2. The summed E-state index contributed by atoms with van der Waals surface area (Å²) in [6, 6.07) is 3.52. The van der Waals surface area contributed by atoms with Gasteiger partial charge in [0.25, 0.3) is 0 Å². The van der Waals surface area contributed by atoms with Gasteiger partial charge in [0.15, 0.2) is 16.6 Å². The van der Waals surface area contributed by atoms with E-state index >= 15 is 0 Å². The van der Waals surface area contributed by atoms with Crippen LogP contribution in [-0.4, -0.2) is 39.4 Å². The molecule has 0 bridgehead atoms. The van der Waals surface area contributed by atoms with Crippen molar-refractivity contribution in [1.82, 2.24) is 0 Å². The molecule has 1 aliphatic rings. The normalized spacial score (nSPS) is 19.8. The zero-order valence-corrected chi connectivity index (χ0v) is 29.3. The van der Waals surface area contributed by atoms with Crippen molar-refractivity contribution in [2.75, 3.05) is 0 Å². The molecule has 0 radical (unpaired) electrons. The largest absolute Gasteiger partial charge is 0.481 e. The Morgan fingerprint density at radius 1 is 1.05 bits per heavy atom. The van der Waals surface area contributed by atoms with Crippen LogP contribution in [0.2, 0.25) is 36.3 Å². The molecule has 3 atom stereocenters. The maximum atomic E-state index is 10.8. The first kappa shape index (κ1) is 36.1. The number of unbranched alkanes of at least 4 members (excludes halogenated alkanes) is 2. The fourth-order valence-electron chi connectivity index (χ4n) is 5.66. The number of aliphatic carboxylic acids is 1. The van der Waals surface area contributed by atoms with Gasteiger partial charge in [0.05, 0.1) is 18.1 Å². The Kier molecular flexibility index (Phi) is 15.3. The second-order valence-corrected chi connectivity index (χ2v) is 23.0. The Balaban J connectivity index is 3.11. The summed E-state index contributed by atoms with van der Waals surface area (Å²) in [7, 11) is -3.60. The van der Waals surface area contributed by atoms with Crippen LogP contribution in [0.5, 0.6) is 0 Å². The molecule has 0 spiro atoms. The van der Waals surface area contributed by atoms with Gasteiger partial charge in [-0.25, -0.2) is 0 Å². The zero-order valence-electron chi connectivity index (χ0n) is 27.3. The van der Waals surface area contributed by atoms with E-state index in [1.807, 2.05) is 6.08 Å². The third-order valence-electron chi connectivity index (χ3n) is 9.57. The highest BCUT2D eigenvalue weighted by molar-refractivity contribution is 6.74. The summed E-state index contributed by atoms with van der Waals surface area (Å²) in [4.78, 5) is 10.8. The average molecular weight is 579 g/mol. The third-order valence-corrected chi connectivity index (χ3v) is 18.8. The molecule has 226 valence electrons. The second-order valence-electron chi connectivity index (χ2n) is 13.5. The van der Waals surface area contributed by atoms with E-state index in [9.17, 15) is 4.79 Å². The first-order valence-corrected chi connectivity index (χ1v) is 21.3. The molecular formula is C33H62O4Si2. The highest BCUT2D eigenvalue weighted by atomic mass is 28.4. The van der Waals surface area contributed by atoms with E-state index in [1.165, 1.54) is 37.4 Å². The van der Waals surface area contributed by atoms with E-state index in [0.29, 0.717) is 5.92 Å². The van der Waals surface area contributed by atoms with Crippen molar-refractivity contribution in [3.63, 3.8) is 0 Å². The highest BCUT2D eigenvalue weighted by Gasteiger charge is 2.43. The lowest BCUT2D eigenvalue weighted by molar-refractivity contribution is -0.136. The lowest BCUT2D eigenvalue weighted by Gasteiger charge is -2.45. The molecule has 0 heterocycles. The molecule has 0 aromatic heterocycles. The van der Waals surface area contributed by atoms with Crippen molar-refractivity contribution >= 4 is 22.6 Å². The Hall–Kier alpha value is -0.916. The highest BCUT2D eigenvalue weighted by Crippen LogP contribution is 2.44. The molecule has 0 aromatic rings. The van der Waals surface area contributed by atoms with Crippen LogP contribution in [0.1, 0.15) is 120 Å². The van der Waals surface area contributed by atoms with E-state index in [4.69, 9.17) is 14.0 Å². The molecule has 39 heavy (non-hydrogen) atoms. The molecule has 0 aliphatic heterocycles. The molecule has 1 N–H and O–H groups in total. The van der Waals surface area contributed by atoms with Gasteiger partial charge in [-0.3, -0.25) is 4.79 Å². The lowest BCUT2D eigenvalue weighted by atomic mass is 9.86. The minimum atomic E-state index is -1.89. The minimum absolute atomic E-state index is 0.0271. The van der Waals surface area contributed by atoms with Gasteiger partial charge in [-0.15, -0.1) is 5.73 Å². The van der Waals surface area contributed by atoms with E-state index in [0.717, 1.165) is 38.5 Å². The smallest absolute Gasteiger partial charge is 0.307 e. The molecule has 1 aliphatic carbocycles. The van der Waals surface area contributed by atoms with Crippen molar-refractivity contribution in [2.24, 2.45) is 5.92 Å². The maximum Gasteiger partial charge on any atom is 0.307 e.